The van der Waals surface area contributed by atoms with Crippen molar-refractivity contribution in [2.75, 3.05) is 13.2 Å². The van der Waals surface area contributed by atoms with Gasteiger partial charge >= 0.3 is 23.9 Å². The molecule has 0 saturated carbocycles. The van der Waals surface area contributed by atoms with Crippen molar-refractivity contribution in [1.82, 2.24) is 0 Å². The van der Waals surface area contributed by atoms with Gasteiger partial charge in [0.1, 0.15) is 18.8 Å². The van der Waals surface area contributed by atoms with E-state index >= 15 is 0 Å². The topological polar surface area (TPSA) is 175 Å². The van der Waals surface area contributed by atoms with E-state index in [0.717, 1.165) is 96.3 Å². The van der Waals surface area contributed by atoms with Crippen LogP contribution in [0.5, 0.6) is 0 Å². The van der Waals surface area contributed by atoms with E-state index in [1.54, 1.807) is 0 Å². The molecule has 0 spiro atoms. The first-order chi connectivity index (χ1) is 31.6. The molecule has 6 unspecified atom stereocenters. The summed E-state index contributed by atoms with van der Waals surface area (Å²) in [5, 5.41) is 31.3. The Kier molecular flexibility index (Phi) is 39.4. The molecule has 1 fully saturated rings. The summed E-state index contributed by atoms with van der Waals surface area (Å²) in [6.45, 7) is 5.88. The predicted octanol–water partition coefficient (Wildman–Crippen LogP) is 12.3. The minimum atomic E-state index is -1.90. The summed E-state index contributed by atoms with van der Waals surface area (Å²) >= 11 is 0. The lowest BCUT2D eigenvalue weighted by Crippen LogP contribution is -2.61. The summed E-state index contributed by atoms with van der Waals surface area (Å²) in [5.41, 5.74) is 0. The Morgan fingerprint density at radius 2 is 0.892 bits per heavy atom. The van der Waals surface area contributed by atoms with E-state index in [4.69, 9.17) is 23.7 Å². The molecule has 0 bridgehead atoms. The van der Waals surface area contributed by atoms with Gasteiger partial charge in [0.15, 0.2) is 24.6 Å². The van der Waals surface area contributed by atoms with Gasteiger partial charge in [-0.1, -0.05) is 186 Å². The molecule has 12 nitrogen and oxygen atoms in total. The number of allylic oxidation sites excluding steroid dienone is 4. The zero-order valence-electron chi connectivity index (χ0n) is 41.2. The fourth-order valence-electron chi connectivity index (χ4n) is 7.86. The van der Waals surface area contributed by atoms with Crippen molar-refractivity contribution in [3.8, 4) is 0 Å². The van der Waals surface area contributed by atoms with Crippen molar-refractivity contribution in [1.29, 1.82) is 0 Å². The smallest absolute Gasteiger partial charge is 0.335 e. The fourth-order valence-corrected chi connectivity index (χ4v) is 7.86. The largest absolute Gasteiger partial charge is 0.479 e. The molecule has 1 aliphatic heterocycles. The molecule has 65 heavy (non-hydrogen) atoms. The fraction of sp³-hybridized carbons (Fsp3) is 0.849. The van der Waals surface area contributed by atoms with Crippen molar-refractivity contribution in [3.63, 3.8) is 0 Å². The Morgan fingerprint density at radius 1 is 0.492 bits per heavy atom. The van der Waals surface area contributed by atoms with Crippen LogP contribution >= 0.6 is 0 Å². The van der Waals surface area contributed by atoms with E-state index in [2.05, 4.69) is 45.1 Å². The number of rotatable bonds is 44. The summed E-state index contributed by atoms with van der Waals surface area (Å²) in [6.07, 6.45) is 33.2. The summed E-state index contributed by atoms with van der Waals surface area (Å²) in [7, 11) is 0. The number of ether oxygens (including phenoxy) is 5. The van der Waals surface area contributed by atoms with Crippen LogP contribution in [-0.4, -0.2) is 89.2 Å². The Balaban J connectivity index is 2.73. The van der Waals surface area contributed by atoms with Crippen LogP contribution in [0.2, 0.25) is 0 Å². The molecular weight excluding hydrogens is 829 g/mol. The molecule has 0 aromatic carbocycles. The highest BCUT2D eigenvalue weighted by Crippen LogP contribution is 2.26. The second-order valence-corrected chi connectivity index (χ2v) is 18.2. The quantitative estimate of drug-likeness (QED) is 0.0229. The monoisotopic (exact) mass is 923 g/mol. The van der Waals surface area contributed by atoms with Crippen LogP contribution in [0.4, 0.5) is 0 Å². The van der Waals surface area contributed by atoms with Gasteiger partial charge in [-0.05, 0) is 57.8 Å². The molecular formula is C53H94O12. The maximum atomic E-state index is 13.0. The minimum absolute atomic E-state index is 0.0524. The van der Waals surface area contributed by atoms with Gasteiger partial charge in [-0.25, -0.2) is 4.79 Å². The van der Waals surface area contributed by atoms with Crippen LogP contribution in [0.3, 0.4) is 0 Å². The van der Waals surface area contributed by atoms with Crippen molar-refractivity contribution in [3.05, 3.63) is 24.3 Å². The second kappa shape index (κ2) is 42.5. The summed E-state index contributed by atoms with van der Waals surface area (Å²) in [4.78, 5) is 50.7. The zero-order chi connectivity index (χ0) is 47.6. The van der Waals surface area contributed by atoms with E-state index in [1.807, 2.05) is 0 Å². The van der Waals surface area contributed by atoms with Gasteiger partial charge in [0.25, 0.3) is 0 Å². The van der Waals surface area contributed by atoms with Crippen LogP contribution in [-0.2, 0) is 42.9 Å². The van der Waals surface area contributed by atoms with Gasteiger partial charge in [-0.15, -0.1) is 0 Å². The van der Waals surface area contributed by atoms with E-state index in [1.165, 1.54) is 83.5 Å². The average molecular weight is 923 g/mol. The van der Waals surface area contributed by atoms with Crippen molar-refractivity contribution >= 4 is 23.9 Å². The number of carbonyl (C=O) groups is 4. The molecule has 1 saturated heterocycles. The zero-order valence-corrected chi connectivity index (χ0v) is 41.2. The highest BCUT2D eigenvalue weighted by Gasteiger charge is 2.50. The second-order valence-electron chi connectivity index (χ2n) is 18.2. The third-order valence-electron chi connectivity index (χ3n) is 12.0. The SMILES string of the molecule is CCCC/C=C\CCCCCCCC(=O)OC(COC(=O)CCCCCCCCCCCCCCC)COC1OC(C(=O)O)C(O)C(O)C1OC(=O)CCCCCCC/C=C\CCCC. The number of hydrogen-bond donors (Lipinski definition) is 3. The van der Waals surface area contributed by atoms with Gasteiger partial charge in [0.05, 0.1) is 6.61 Å². The molecule has 0 radical (unpaired) electrons. The first-order valence-corrected chi connectivity index (χ1v) is 26.3. The lowest BCUT2D eigenvalue weighted by atomic mass is 9.98. The standard InChI is InChI=1S/C53H94O12/c1-4-7-10-13-16-19-22-23-26-27-30-33-36-39-45(54)61-42-44(63-46(55)40-37-34-31-28-24-20-17-14-11-8-5-2)43-62-53-51(49(58)48(57)50(65-53)52(59)60)64-47(56)41-38-35-32-29-25-21-18-15-12-9-6-3/h14-15,17-18,44,48-51,53,57-58H,4-13,16,19-43H2,1-3H3,(H,59,60)/b17-14-,18-15-. The van der Waals surface area contributed by atoms with Crippen molar-refractivity contribution in [2.45, 2.75) is 276 Å². The molecule has 0 amide bonds. The number of aliphatic hydroxyl groups is 2. The molecule has 1 heterocycles. The Morgan fingerprint density at radius 3 is 1.35 bits per heavy atom. The molecule has 1 rings (SSSR count). The van der Waals surface area contributed by atoms with Gasteiger partial charge in [-0.3, -0.25) is 14.4 Å². The Labute approximate surface area is 394 Å². The summed E-state index contributed by atoms with van der Waals surface area (Å²) < 4.78 is 28.2. The lowest BCUT2D eigenvalue weighted by Gasteiger charge is -2.40. The minimum Gasteiger partial charge on any atom is -0.479 e. The molecule has 12 heteroatoms. The van der Waals surface area contributed by atoms with E-state index in [9.17, 15) is 34.5 Å². The van der Waals surface area contributed by atoms with Gasteiger partial charge in [0, 0.05) is 19.3 Å². The van der Waals surface area contributed by atoms with Crippen LogP contribution in [0.1, 0.15) is 239 Å². The number of hydrogen-bond acceptors (Lipinski definition) is 11. The molecule has 0 aromatic rings. The molecule has 6 atom stereocenters. The van der Waals surface area contributed by atoms with Crippen LogP contribution in [0, 0.1) is 0 Å². The number of aliphatic carboxylic acids is 1. The summed E-state index contributed by atoms with van der Waals surface area (Å²) in [6, 6.07) is 0. The third-order valence-corrected chi connectivity index (χ3v) is 12.0. The highest BCUT2D eigenvalue weighted by atomic mass is 16.7. The highest BCUT2D eigenvalue weighted by molar-refractivity contribution is 5.74. The van der Waals surface area contributed by atoms with Gasteiger partial charge in [-0.2, -0.15) is 0 Å². The maximum Gasteiger partial charge on any atom is 0.335 e. The van der Waals surface area contributed by atoms with E-state index < -0.39 is 67.3 Å². The first kappa shape index (κ1) is 60.2. The number of carboxylic acid groups (broad SMARTS) is 1. The molecule has 378 valence electrons. The number of carboxylic acids is 1. The number of aliphatic hydroxyl groups excluding tert-OH is 2. The van der Waals surface area contributed by atoms with Crippen LogP contribution in [0.25, 0.3) is 0 Å². The number of unbranched alkanes of at least 4 members (excludes halogenated alkanes) is 26. The number of carbonyl (C=O) groups excluding carboxylic acids is 3. The first-order valence-electron chi connectivity index (χ1n) is 26.3. The van der Waals surface area contributed by atoms with Gasteiger partial charge in [0.2, 0.25) is 0 Å². The van der Waals surface area contributed by atoms with Crippen molar-refractivity contribution < 1.29 is 58.2 Å². The third kappa shape index (κ3) is 33.3. The summed E-state index contributed by atoms with van der Waals surface area (Å²) in [5.74, 6) is -3.13. The van der Waals surface area contributed by atoms with Crippen LogP contribution < -0.4 is 0 Å². The van der Waals surface area contributed by atoms with Crippen LogP contribution in [0.15, 0.2) is 24.3 Å². The molecule has 0 aliphatic carbocycles. The lowest BCUT2D eigenvalue weighted by molar-refractivity contribution is -0.301. The average Bonchev–Trinajstić information content (AvgIpc) is 3.29. The van der Waals surface area contributed by atoms with E-state index in [-0.39, 0.29) is 25.9 Å². The van der Waals surface area contributed by atoms with Crippen molar-refractivity contribution in [2.24, 2.45) is 0 Å². The molecule has 3 N–H and O–H groups in total. The molecule has 1 aliphatic rings. The Hall–Kier alpha value is -2.80. The number of esters is 3. The molecule has 0 aromatic heterocycles. The maximum absolute atomic E-state index is 13.0. The normalized spacial score (nSPS) is 19.2. The predicted molar refractivity (Wildman–Crippen MR) is 257 cm³/mol. The Bertz CT molecular complexity index is 1240. The van der Waals surface area contributed by atoms with E-state index in [0.29, 0.717) is 19.3 Å². The van der Waals surface area contributed by atoms with Gasteiger partial charge < -0.3 is 39.0 Å².